The van der Waals surface area contributed by atoms with Crippen molar-refractivity contribution in [3.63, 3.8) is 0 Å². The molecule has 0 aliphatic carbocycles. The van der Waals surface area contributed by atoms with Crippen LogP contribution in [0.3, 0.4) is 0 Å². The van der Waals surface area contributed by atoms with Crippen LogP contribution in [-0.2, 0) is 6.54 Å². The summed E-state index contributed by atoms with van der Waals surface area (Å²) in [6.45, 7) is 4.19. The van der Waals surface area contributed by atoms with Gasteiger partial charge >= 0.3 is 5.97 Å². The minimum Gasteiger partial charge on any atom is -0.478 e. The normalized spacial score (nSPS) is 10.5. The van der Waals surface area contributed by atoms with E-state index in [-0.39, 0.29) is 12.1 Å². The minimum absolute atomic E-state index is 0.0800. The van der Waals surface area contributed by atoms with Crippen molar-refractivity contribution >= 4 is 27.6 Å². The Morgan fingerprint density at radius 3 is 2.43 bits per heavy atom. The van der Waals surface area contributed by atoms with Gasteiger partial charge in [-0.3, -0.25) is 0 Å². The van der Waals surface area contributed by atoms with Crippen LogP contribution in [0.15, 0.2) is 34.8 Å². The van der Waals surface area contributed by atoms with E-state index in [4.69, 9.17) is 5.11 Å². The van der Waals surface area contributed by atoms with Crippen molar-refractivity contribution < 1.29 is 14.3 Å². The van der Waals surface area contributed by atoms with E-state index >= 15 is 0 Å². The lowest BCUT2D eigenvalue weighted by Crippen LogP contribution is -2.05. The number of halogens is 2. The molecule has 0 saturated heterocycles. The molecule has 0 unspecified atom stereocenters. The Morgan fingerprint density at radius 1 is 1.24 bits per heavy atom. The number of aryl methyl sites for hydroxylation is 2. The van der Waals surface area contributed by atoms with Gasteiger partial charge in [-0.15, -0.1) is 0 Å². The summed E-state index contributed by atoms with van der Waals surface area (Å²) in [5.74, 6) is -1.48. The summed E-state index contributed by atoms with van der Waals surface area (Å²) < 4.78 is 14.8. The number of benzene rings is 2. The molecule has 2 N–H and O–H groups in total. The molecule has 0 saturated carbocycles. The molecule has 0 atom stereocenters. The summed E-state index contributed by atoms with van der Waals surface area (Å²) in [7, 11) is 0. The predicted octanol–water partition coefficient (Wildman–Crippen LogP) is 4.52. The molecule has 2 aromatic rings. The molecule has 0 radical (unpaired) electrons. The molecule has 0 fully saturated rings. The zero-order valence-corrected chi connectivity index (χ0v) is 13.3. The van der Waals surface area contributed by atoms with E-state index in [0.29, 0.717) is 5.56 Å². The second-order valence-corrected chi connectivity index (χ2v) is 5.68. The summed E-state index contributed by atoms with van der Waals surface area (Å²) in [5.41, 5.74) is 3.44. The zero-order chi connectivity index (χ0) is 15.6. The van der Waals surface area contributed by atoms with Crippen LogP contribution in [-0.4, -0.2) is 11.1 Å². The maximum absolute atomic E-state index is 13.7. The van der Waals surface area contributed by atoms with Crippen LogP contribution in [0.1, 0.15) is 27.0 Å². The van der Waals surface area contributed by atoms with Gasteiger partial charge in [0.2, 0.25) is 0 Å². The Hall–Kier alpha value is -1.88. The fourth-order valence-electron chi connectivity index (χ4n) is 2.09. The van der Waals surface area contributed by atoms with Gasteiger partial charge in [-0.25, -0.2) is 9.18 Å². The smallest absolute Gasteiger partial charge is 0.335 e. The predicted molar refractivity (Wildman–Crippen MR) is 84.3 cm³/mol. The number of carboxylic acids is 1. The van der Waals surface area contributed by atoms with Gasteiger partial charge in [0, 0.05) is 22.3 Å². The SMILES string of the molecule is Cc1cc(NCc2cc(C(=O)O)ccc2F)cc(C)c1Br. The number of rotatable bonds is 4. The van der Waals surface area contributed by atoms with E-state index in [1.54, 1.807) is 0 Å². The number of hydrogen-bond donors (Lipinski definition) is 2. The summed E-state index contributed by atoms with van der Waals surface area (Å²) in [4.78, 5) is 10.9. The standard InChI is InChI=1S/C16H15BrFNO2/c1-9-5-13(6-10(2)15(9)17)19-8-12-7-11(16(20)21)3-4-14(12)18/h3-7,19H,8H2,1-2H3,(H,20,21). The van der Waals surface area contributed by atoms with Crippen molar-refractivity contribution in [1.82, 2.24) is 0 Å². The van der Waals surface area contributed by atoms with Crippen LogP contribution in [0.2, 0.25) is 0 Å². The second-order valence-electron chi connectivity index (χ2n) is 4.89. The van der Waals surface area contributed by atoms with Crippen molar-refractivity contribution in [2.75, 3.05) is 5.32 Å². The quantitative estimate of drug-likeness (QED) is 0.851. The molecule has 2 rings (SSSR count). The van der Waals surface area contributed by atoms with Crippen LogP contribution >= 0.6 is 15.9 Å². The molecule has 3 nitrogen and oxygen atoms in total. The van der Waals surface area contributed by atoms with E-state index < -0.39 is 11.8 Å². The van der Waals surface area contributed by atoms with E-state index in [9.17, 15) is 9.18 Å². The minimum atomic E-state index is -1.06. The Kier molecular flexibility index (Phi) is 4.63. The molecule has 0 aliphatic rings. The van der Waals surface area contributed by atoms with E-state index in [1.807, 2.05) is 26.0 Å². The average Bonchev–Trinajstić information content (AvgIpc) is 2.43. The highest BCUT2D eigenvalue weighted by Crippen LogP contribution is 2.25. The Balaban J connectivity index is 2.20. The van der Waals surface area contributed by atoms with Crippen LogP contribution in [0.5, 0.6) is 0 Å². The van der Waals surface area contributed by atoms with E-state index in [1.165, 1.54) is 18.2 Å². The van der Waals surface area contributed by atoms with Gasteiger partial charge < -0.3 is 10.4 Å². The highest BCUT2D eigenvalue weighted by atomic mass is 79.9. The van der Waals surface area contributed by atoms with Crippen molar-refractivity contribution in [3.8, 4) is 0 Å². The fraction of sp³-hybridized carbons (Fsp3) is 0.188. The molecule has 0 spiro atoms. The van der Waals surface area contributed by atoms with Gasteiger partial charge in [0.05, 0.1) is 5.56 Å². The molecule has 0 heterocycles. The molecule has 0 bridgehead atoms. The highest BCUT2D eigenvalue weighted by Gasteiger charge is 2.09. The molecule has 0 amide bonds. The lowest BCUT2D eigenvalue weighted by molar-refractivity contribution is 0.0696. The number of carbonyl (C=O) groups is 1. The van der Waals surface area contributed by atoms with Gasteiger partial charge in [0.25, 0.3) is 0 Å². The van der Waals surface area contributed by atoms with Crippen molar-refractivity contribution in [2.24, 2.45) is 0 Å². The third-order valence-electron chi connectivity index (χ3n) is 3.21. The molecule has 21 heavy (non-hydrogen) atoms. The number of nitrogens with one attached hydrogen (secondary N) is 1. The Bertz CT molecular complexity index is 678. The molecule has 5 heteroatoms. The molecular formula is C16H15BrFNO2. The molecular weight excluding hydrogens is 337 g/mol. The van der Waals surface area contributed by atoms with Gasteiger partial charge in [-0.05, 0) is 55.3 Å². The molecule has 0 aromatic heterocycles. The zero-order valence-electron chi connectivity index (χ0n) is 11.7. The lowest BCUT2D eigenvalue weighted by atomic mass is 10.1. The first-order valence-electron chi connectivity index (χ1n) is 6.41. The Labute approximate surface area is 130 Å². The maximum atomic E-state index is 13.7. The van der Waals surface area contributed by atoms with Crippen LogP contribution in [0.25, 0.3) is 0 Å². The lowest BCUT2D eigenvalue weighted by Gasteiger charge is -2.11. The summed E-state index contributed by atoms with van der Waals surface area (Å²) in [5, 5.41) is 12.1. The van der Waals surface area contributed by atoms with Crippen LogP contribution in [0.4, 0.5) is 10.1 Å². The fourth-order valence-corrected chi connectivity index (χ4v) is 2.32. The third-order valence-corrected chi connectivity index (χ3v) is 4.46. The van der Waals surface area contributed by atoms with Gasteiger partial charge in [-0.1, -0.05) is 15.9 Å². The number of aromatic carboxylic acids is 1. The first-order valence-corrected chi connectivity index (χ1v) is 7.20. The summed E-state index contributed by atoms with van der Waals surface area (Å²) in [6.07, 6.45) is 0. The second kappa shape index (κ2) is 6.26. The van der Waals surface area contributed by atoms with Crippen molar-refractivity contribution in [2.45, 2.75) is 20.4 Å². The van der Waals surface area contributed by atoms with E-state index in [2.05, 4.69) is 21.2 Å². The molecule has 0 aliphatic heterocycles. The largest absolute Gasteiger partial charge is 0.478 e. The third kappa shape index (κ3) is 3.61. The monoisotopic (exact) mass is 351 g/mol. The topological polar surface area (TPSA) is 49.3 Å². The number of anilines is 1. The first-order chi connectivity index (χ1) is 9.88. The van der Waals surface area contributed by atoms with Crippen molar-refractivity contribution in [3.05, 3.63) is 62.9 Å². The number of hydrogen-bond acceptors (Lipinski definition) is 2. The average molecular weight is 352 g/mol. The van der Waals surface area contributed by atoms with Gasteiger partial charge in [0.1, 0.15) is 5.82 Å². The van der Waals surface area contributed by atoms with Crippen LogP contribution in [0, 0.1) is 19.7 Å². The molecule has 2 aromatic carbocycles. The maximum Gasteiger partial charge on any atom is 0.335 e. The summed E-state index contributed by atoms with van der Waals surface area (Å²) >= 11 is 3.49. The van der Waals surface area contributed by atoms with Crippen molar-refractivity contribution in [1.29, 1.82) is 0 Å². The van der Waals surface area contributed by atoms with E-state index in [0.717, 1.165) is 21.3 Å². The molecule has 110 valence electrons. The Morgan fingerprint density at radius 2 is 1.86 bits per heavy atom. The number of carboxylic acid groups (broad SMARTS) is 1. The van der Waals surface area contributed by atoms with Crippen LogP contribution < -0.4 is 5.32 Å². The summed E-state index contributed by atoms with van der Waals surface area (Å²) in [6, 6.07) is 7.70. The van der Waals surface area contributed by atoms with Gasteiger partial charge in [0.15, 0.2) is 0 Å². The van der Waals surface area contributed by atoms with Gasteiger partial charge in [-0.2, -0.15) is 0 Å². The first kappa shape index (κ1) is 15.5. The highest BCUT2D eigenvalue weighted by molar-refractivity contribution is 9.10.